The van der Waals surface area contributed by atoms with Crippen LogP contribution in [0.1, 0.15) is 16.1 Å². The summed E-state index contributed by atoms with van der Waals surface area (Å²) in [5.74, 6) is -0.444. The minimum atomic E-state index is -4.47. The van der Waals surface area contributed by atoms with Gasteiger partial charge >= 0.3 is 6.18 Å². The normalized spacial score (nSPS) is 14.6. The minimum Gasteiger partial charge on any atom is -0.471 e. The number of pyridine rings is 1. The van der Waals surface area contributed by atoms with Gasteiger partial charge in [-0.25, -0.2) is 4.98 Å². The number of hydrogen-bond acceptors (Lipinski definition) is 5. The molecule has 0 radical (unpaired) electrons. The summed E-state index contributed by atoms with van der Waals surface area (Å²) in [6.07, 6.45) is -2.48. The largest absolute Gasteiger partial charge is 0.471 e. The molecule has 1 saturated heterocycles. The predicted octanol–water partition coefficient (Wildman–Crippen LogP) is 2.58. The highest BCUT2D eigenvalue weighted by Crippen LogP contribution is 2.31. The van der Waals surface area contributed by atoms with Crippen LogP contribution in [0.25, 0.3) is 5.69 Å². The van der Waals surface area contributed by atoms with Crippen LogP contribution in [-0.4, -0.2) is 50.0 Å². The zero-order valence-electron chi connectivity index (χ0n) is 14.4. The van der Waals surface area contributed by atoms with Crippen molar-refractivity contribution in [3.05, 3.63) is 66.1 Å². The molecule has 0 atom stereocenters. The lowest BCUT2D eigenvalue weighted by molar-refractivity contribution is -0.137. The number of amides is 1. The van der Waals surface area contributed by atoms with Crippen molar-refractivity contribution in [2.75, 3.05) is 13.1 Å². The van der Waals surface area contributed by atoms with Gasteiger partial charge in [-0.3, -0.25) is 4.79 Å². The average Bonchev–Trinajstić information content (AvgIpc) is 3.14. The molecule has 0 bridgehead atoms. The summed E-state index contributed by atoms with van der Waals surface area (Å²) < 4.78 is 43.6. The molecule has 3 aromatic rings. The molecule has 0 unspecified atom stereocenters. The summed E-state index contributed by atoms with van der Waals surface area (Å²) in [6, 6.07) is 10.9. The van der Waals surface area contributed by atoms with E-state index in [-0.39, 0.29) is 30.6 Å². The van der Waals surface area contributed by atoms with E-state index >= 15 is 0 Å². The molecule has 4 rings (SSSR count). The van der Waals surface area contributed by atoms with Crippen LogP contribution < -0.4 is 4.74 Å². The van der Waals surface area contributed by atoms with E-state index in [2.05, 4.69) is 15.2 Å². The standard InChI is InChI=1S/C18H14F3N5O2/c19-18(20,21)12-6-7-22-16(8-12)28-14-10-25(11-14)17(27)15-9-23-26(24-15)13-4-2-1-3-5-13/h1-9,14H,10-11H2. The van der Waals surface area contributed by atoms with Crippen molar-refractivity contribution in [2.24, 2.45) is 0 Å². The van der Waals surface area contributed by atoms with Crippen LogP contribution in [0.5, 0.6) is 5.88 Å². The first kappa shape index (κ1) is 18.0. The molecule has 0 N–H and O–H groups in total. The second kappa shape index (κ2) is 6.95. The molecule has 7 nitrogen and oxygen atoms in total. The molecule has 144 valence electrons. The smallest absolute Gasteiger partial charge is 0.416 e. The van der Waals surface area contributed by atoms with E-state index in [4.69, 9.17) is 4.74 Å². The SMILES string of the molecule is O=C(c1cnn(-c2ccccc2)n1)N1CC(Oc2cc(C(F)(F)F)ccn2)C1. The number of para-hydroxylation sites is 1. The van der Waals surface area contributed by atoms with E-state index in [1.165, 1.54) is 15.9 Å². The van der Waals surface area contributed by atoms with Crippen LogP contribution in [0.15, 0.2) is 54.9 Å². The van der Waals surface area contributed by atoms with Gasteiger partial charge in [0.05, 0.1) is 30.5 Å². The molecule has 0 saturated carbocycles. The van der Waals surface area contributed by atoms with Gasteiger partial charge in [0.1, 0.15) is 6.10 Å². The molecular formula is C18H14F3N5O2. The van der Waals surface area contributed by atoms with Crippen molar-refractivity contribution in [3.8, 4) is 11.6 Å². The molecule has 0 aliphatic carbocycles. The van der Waals surface area contributed by atoms with E-state index in [0.717, 1.165) is 24.0 Å². The average molecular weight is 389 g/mol. The number of ether oxygens (including phenoxy) is 1. The molecule has 3 heterocycles. The highest BCUT2D eigenvalue weighted by atomic mass is 19.4. The summed E-state index contributed by atoms with van der Waals surface area (Å²) >= 11 is 0. The molecule has 1 aliphatic rings. The van der Waals surface area contributed by atoms with Gasteiger partial charge in [-0.1, -0.05) is 18.2 Å². The van der Waals surface area contributed by atoms with Crippen LogP contribution in [0.2, 0.25) is 0 Å². The number of carbonyl (C=O) groups is 1. The molecule has 2 aromatic heterocycles. The van der Waals surface area contributed by atoms with E-state index < -0.39 is 17.8 Å². The summed E-state index contributed by atoms with van der Waals surface area (Å²) in [6.45, 7) is 0.462. The molecular weight excluding hydrogens is 375 g/mol. The third-order valence-electron chi connectivity index (χ3n) is 4.18. The van der Waals surface area contributed by atoms with Crippen molar-refractivity contribution in [3.63, 3.8) is 0 Å². The summed E-state index contributed by atoms with van der Waals surface area (Å²) in [5, 5.41) is 8.25. The molecule has 1 amide bonds. The Morgan fingerprint density at radius 2 is 1.89 bits per heavy atom. The first-order chi connectivity index (χ1) is 13.4. The van der Waals surface area contributed by atoms with Gasteiger partial charge in [0.15, 0.2) is 5.69 Å². The number of halogens is 3. The maximum absolute atomic E-state index is 12.7. The zero-order chi connectivity index (χ0) is 19.7. The number of likely N-dealkylation sites (tertiary alicyclic amines) is 1. The summed E-state index contributed by atoms with van der Waals surface area (Å²) in [4.78, 5) is 19.1. The monoisotopic (exact) mass is 389 g/mol. The van der Waals surface area contributed by atoms with Crippen LogP contribution in [0.3, 0.4) is 0 Å². The fraction of sp³-hybridized carbons (Fsp3) is 0.222. The second-order valence-electron chi connectivity index (χ2n) is 6.19. The number of aromatic nitrogens is 4. The number of nitrogens with zero attached hydrogens (tertiary/aromatic N) is 5. The fourth-order valence-corrected chi connectivity index (χ4v) is 2.71. The number of alkyl halides is 3. The molecule has 1 fully saturated rings. The van der Waals surface area contributed by atoms with E-state index in [1.54, 1.807) is 0 Å². The Kier molecular flexibility index (Phi) is 4.46. The maximum atomic E-state index is 12.7. The molecule has 0 spiro atoms. The van der Waals surface area contributed by atoms with Crippen LogP contribution in [-0.2, 0) is 6.18 Å². The lowest BCUT2D eigenvalue weighted by Crippen LogP contribution is -2.56. The van der Waals surface area contributed by atoms with Crippen molar-refractivity contribution in [1.29, 1.82) is 0 Å². The topological polar surface area (TPSA) is 73.1 Å². The highest BCUT2D eigenvalue weighted by molar-refractivity contribution is 5.92. The molecule has 28 heavy (non-hydrogen) atoms. The Bertz CT molecular complexity index is 984. The first-order valence-electron chi connectivity index (χ1n) is 8.37. The Balaban J connectivity index is 1.36. The van der Waals surface area contributed by atoms with Gasteiger partial charge in [-0.05, 0) is 18.2 Å². The quantitative estimate of drug-likeness (QED) is 0.686. The van der Waals surface area contributed by atoms with Crippen LogP contribution >= 0.6 is 0 Å². The van der Waals surface area contributed by atoms with Crippen molar-refractivity contribution < 1.29 is 22.7 Å². The van der Waals surface area contributed by atoms with E-state index in [0.29, 0.717) is 0 Å². The first-order valence-corrected chi connectivity index (χ1v) is 8.37. The number of rotatable bonds is 4. The number of carbonyl (C=O) groups excluding carboxylic acids is 1. The maximum Gasteiger partial charge on any atom is 0.416 e. The summed E-state index contributed by atoms with van der Waals surface area (Å²) in [5.41, 5.74) is 0.0729. The van der Waals surface area contributed by atoms with Crippen molar-refractivity contribution in [1.82, 2.24) is 24.9 Å². The Hall–Kier alpha value is -3.43. The lowest BCUT2D eigenvalue weighted by Gasteiger charge is -2.38. The minimum absolute atomic E-state index is 0.123. The lowest BCUT2D eigenvalue weighted by atomic mass is 10.1. The fourth-order valence-electron chi connectivity index (χ4n) is 2.71. The molecule has 1 aromatic carbocycles. The second-order valence-corrected chi connectivity index (χ2v) is 6.19. The molecule has 10 heteroatoms. The van der Waals surface area contributed by atoms with E-state index in [9.17, 15) is 18.0 Å². The highest BCUT2D eigenvalue weighted by Gasteiger charge is 2.35. The van der Waals surface area contributed by atoms with Crippen molar-refractivity contribution in [2.45, 2.75) is 12.3 Å². The third kappa shape index (κ3) is 3.66. The van der Waals surface area contributed by atoms with Crippen LogP contribution in [0.4, 0.5) is 13.2 Å². The van der Waals surface area contributed by atoms with Gasteiger partial charge in [0.25, 0.3) is 5.91 Å². The zero-order valence-corrected chi connectivity index (χ0v) is 14.4. The van der Waals surface area contributed by atoms with Gasteiger partial charge in [-0.15, -0.1) is 5.10 Å². The number of benzene rings is 1. The number of hydrogen-bond donors (Lipinski definition) is 0. The van der Waals surface area contributed by atoms with Gasteiger partial charge in [0, 0.05) is 12.3 Å². The Morgan fingerprint density at radius 1 is 1.14 bits per heavy atom. The van der Waals surface area contributed by atoms with Gasteiger partial charge in [0.2, 0.25) is 5.88 Å². The summed E-state index contributed by atoms with van der Waals surface area (Å²) in [7, 11) is 0. The van der Waals surface area contributed by atoms with E-state index in [1.807, 2.05) is 30.3 Å². The predicted molar refractivity (Wildman–Crippen MR) is 90.9 cm³/mol. The van der Waals surface area contributed by atoms with Gasteiger partial charge in [-0.2, -0.15) is 23.1 Å². The molecule has 1 aliphatic heterocycles. The van der Waals surface area contributed by atoms with Crippen LogP contribution in [0, 0.1) is 0 Å². The van der Waals surface area contributed by atoms with Gasteiger partial charge < -0.3 is 9.64 Å². The van der Waals surface area contributed by atoms with Crippen molar-refractivity contribution >= 4 is 5.91 Å². The Morgan fingerprint density at radius 3 is 2.61 bits per heavy atom. The third-order valence-corrected chi connectivity index (χ3v) is 4.18. The Labute approximate surface area is 157 Å².